The van der Waals surface area contributed by atoms with Gasteiger partial charge >= 0.3 is 6.18 Å². The first-order valence-corrected chi connectivity index (χ1v) is 8.44. The Bertz CT molecular complexity index is 1160. The molecule has 3 aromatic rings. The van der Waals surface area contributed by atoms with E-state index in [2.05, 4.69) is 0 Å². The van der Waals surface area contributed by atoms with Crippen molar-refractivity contribution in [1.82, 2.24) is 0 Å². The molecule has 7 heteroatoms. The number of benzene rings is 3. The molecule has 4 nitrogen and oxygen atoms in total. The number of fused-ring (bicyclic) bond motifs is 1. The van der Waals surface area contributed by atoms with Gasteiger partial charge in [0.1, 0.15) is 0 Å². The second kappa shape index (κ2) is 7.43. The molecule has 0 bridgehead atoms. The zero-order chi connectivity index (χ0) is 21.3. The molecule has 0 N–H and O–H groups in total. The van der Waals surface area contributed by atoms with E-state index < -0.39 is 34.9 Å². The maximum atomic E-state index is 13.0. The highest BCUT2D eigenvalue weighted by molar-refractivity contribution is 6.54. The van der Waals surface area contributed by atoms with E-state index in [0.717, 1.165) is 19.1 Å². The van der Waals surface area contributed by atoms with Crippen LogP contribution in [-0.4, -0.2) is 23.1 Å². The highest BCUT2D eigenvalue weighted by atomic mass is 19.4. The van der Waals surface area contributed by atoms with Crippen LogP contribution in [-0.2, 0) is 11.0 Å². The van der Waals surface area contributed by atoms with E-state index in [0.29, 0.717) is 22.9 Å². The number of halogens is 3. The first-order valence-electron chi connectivity index (χ1n) is 8.44. The zero-order valence-corrected chi connectivity index (χ0v) is 15.0. The third kappa shape index (κ3) is 3.85. The van der Waals surface area contributed by atoms with Crippen LogP contribution in [0.4, 0.5) is 13.2 Å². The third-order valence-corrected chi connectivity index (χ3v) is 4.40. The first-order chi connectivity index (χ1) is 13.6. The van der Waals surface area contributed by atoms with E-state index >= 15 is 0 Å². The van der Waals surface area contributed by atoms with Gasteiger partial charge in [-0.15, -0.1) is 0 Å². The predicted octanol–water partition coefficient (Wildman–Crippen LogP) is 4.70. The number of alkyl halides is 3. The highest BCUT2D eigenvalue weighted by Crippen LogP contribution is 2.30. The Morgan fingerprint density at radius 2 is 1.34 bits per heavy atom. The SMILES string of the molecule is CC(=O)C(=O)c1ccc2ccccc2c1C(=O)C(=O)c1ccc(C(F)(F)F)cc1. The van der Waals surface area contributed by atoms with Crippen molar-refractivity contribution in [2.24, 2.45) is 0 Å². The van der Waals surface area contributed by atoms with E-state index in [4.69, 9.17) is 0 Å². The molecule has 0 atom stereocenters. The average molecular weight is 398 g/mol. The van der Waals surface area contributed by atoms with E-state index in [-0.39, 0.29) is 16.7 Å². The smallest absolute Gasteiger partial charge is 0.291 e. The molecule has 0 fully saturated rings. The summed E-state index contributed by atoms with van der Waals surface area (Å²) in [5.74, 6) is -3.89. The standard InChI is InChI=1S/C22H13F3O4/c1-12(26)19(27)17-11-8-13-4-2-3-5-16(13)18(17)21(29)20(28)14-6-9-15(10-7-14)22(23,24)25/h2-11H,1H3. The Kier molecular flexibility index (Phi) is 5.16. The second-order valence-electron chi connectivity index (χ2n) is 6.33. The lowest BCUT2D eigenvalue weighted by atomic mass is 9.89. The third-order valence-electron chi connectivity index (χ3n) is 4.40. The van der Waals surface area contributed by atoms with E-state index in [9.17, 15) is 32.3 Å². The van der Waals surface area contributed by atoms with Crippen molar-refractivity contribution in [3.8, 4) is 0 Å². The summed E-state index contributed by atoms with van der Waals surface area (Å²) in [5, 5.41) is 0.862. The van der Waals surface area contributed by atoms with Gasteiger partial charge < -0.3 is 0 Å². The lowest BCUT2D eigenvalue weighted by Crippen LogP contribution is -2.21. The Balaban J connectivity index is 2.12. The van der Waals surface area contributed by atoms with Gasteiger partial charge in [-0.25, -0.2) is 0 Å². The van der Waals surface area contributed by atoms with Crippen molar-refractivity contribution in [3.63, 3.8) is 0 Å². The molecule has 0 unspecified atom stereocenters. The number of hydrogen-bond donors (Lipinski definition) is 0. The van der Waals surface area contributed by atoms with Crippen LogP contribution in [0.2, 0.25) is 0 Å². The van der Waals surface area contributed by atoms with Crippen molar-refractivity contribution < 1.29 is 32.3 Å². The Hall–Kier alpha value is -3.61. The quantitative estimate of drug-likeness (QED) is 0.462. The molecular weight excluding hydrogens is 385 g/mol. The molecule has 0 radical (unpaired) electrons. The van der Waals surface area contributed by atoms with Crippen molar-refractivity contribution in [2.75, 3.05) is 0 Å². The summed E-state index contributed by atoms with van der Waals surface area (Å²) in [7, 11) is 0. The average Bonchev–Trinajstić information content (AvgIpc) is 2.70. The molecule has 0 aliphatic carbocycles. The lowest BCUT2D eigenvalue weighted by molar-refractivity contribution is -0.137. The molecule has 0 aromatic heterocycles. The Morgan fingerprint density at radius 3 is 1.93 bits per heavy atom. The Morgan fingerprint density at radius 1 is 0.724 bits per heavy atom. The van der Waals surface area contributed by atoms with Gasteiger partial charge in [-0.1, -0.05) is 42.5 Å². The van der Waals surface area contributed by atoms with Crippen LogP contribution in [0.3, 0.4) is 0 Å². The zero-order valence-electron chi connectivity index (χ0n) is 15.0. The van der Waals surface area contributed by atoms with Gasteiger partial charge in [0.25, 0.3) is 0 Å². The molecule has 0 spiro atoms. The lowest BCUT2D eigenvalue weighted by Gasteiger charge is -2.11. The molecule has 0 heterocycles. The summed E-state index contributed by atoms with van der Waals surface area (Å²) >= 11 is 0. The van der Waals surface area contributed by atoms with Crippen LogP contribution in [0, 0.1) is 0 Å². The summed E-state index contributed by atoms with van der Waals surface area (Å²) in [6, 6.07) is 12.5. The minimum atomic E-state index is -4.58. The van der Waals surface area contributed by atoms with Crippen LogP contribution in [0.1, 0.15) is 43.6 Å². The molecule has 146 valence electrons. The van der Waals surface area contributed by atoms with Crippen LogP contribution < -0.4 is 0 Å². The van der Waals surface area contributed by atoms with Crippen molar-refractivity contribution in [3.05, 3.63) is 82.9 Å². The van der Waals surface area contributed by atoms with E-state index in [1.807, 2.05) is 0 Å². The Labute approximate surface area is 163 Å². The molecule has 29 heavy (non-hydrogen) atoms. The number of hydrogen-bond acceptors (Lipinski definition) is 4. The molecule has 3 aromatic carbocycles. The fraction of sp³-hybridized carbons (Fsp3) is 0.0909. The summed E-state index contributed by atoms with van der Waals surface area (Å²) in [5.41, 5.74) is -1.68. The normalized spacial score (nSPS) is 11.3. The molecule has 0 amide bonds. The second-order valence-corrected chi connectivity index (χ2v) is 6.33. The predicted molar refractivity (Wildman–Crippen MR) is 99.1 cm³/mol. The molecule has 3 rings (SSSR count). The maximum Gasteiger partial charge on any atom is 0.416 e. The maximum absolute atomic E-state index is 13.0. The van der Waals surface area contributed by atoms with Gasteiger partial charge in [-0.05, 0) is 29.0 Å². The number of Topliss-reactive ketones (excluding diaryl/α,β-unsaturated/α-hetero) is 4. The fourth-order valence-corrected chi connectivity index (χ4v) is 2.95. The van der Waals surface area contributed by atoms with Gasteiger partial charge in [-0.3, -0.25) is 19.2 Å². The van der Waals surface area contributed by atoms with Gasteiger partial charge in [0.2, 0.25) is 17.3 Å². The summed E-state index contributed by atoms with van der Waals surface area (Å²) < 4.78 is 38.1. The van der Waals surface area contributed by atoms with Gasteiger partial charge in [0, 0.05) is 23.6 Å². The van der Waals surface area contributed by atoms with Gasteiger partial charge in [0.15, 0.2) is 5.78 Å². The number of rotatable bonds is 5. The van der Waals surface area contributed by atoms with Crippen molar-refractivity contribution in [2.45, 2.75) is 13.1 Å². The molecular formula is C22H13F3O4. The number of carbonyl (C=O) groups excluding carboxylic acids is 4. The molecule has 0 saturated carbocycles. The molecule has 0 aliphatic rings. The van der Waals surface area contributed by atoms with Crippen LogP contribution in [0.5, 0.6) is 0 Å². The minimum Gasteiger partial charge on any atom is -0.291 e. The summed E-state index contributed by atoms with van der Waals surface area (Å²) in [6.07, 6.45) is -4.58. The van der Waals surface area contributed by atoms with Crippen molar-refractivity contribution >= 4 is 33.9 Å². The van der Waals surface area contributed by atoms with Gasteiger partial charge in [0.05, 0.1) is 5.56 Å². The summed E-state index contributed by atoms with van der Waals surface area (Å²) in [4.78, 5) is 49.5. The molecule has 0 saturated heterocycles. The van der Waals surface area contributed by atoms with Crippen LogP contribution in [0.15, 0.2) is 60.7 Å². The highest BCUT2D eigenvalue weighted by Gasteiger charge is 2.31. The molecule has 0 aliphatic heterocycles. The van der Waals surface area contributed by atoms with E-state index in [1.54, 1.807) is 24.3 Å². The minimum absolute atomic E-state index is 0.221. The largest absolute Gasteiger partial charge is 0.416 e. The van der Waals surface area contributed by atoms with Crippen LogP contribution in [0.25, 0.3) is 10.8 Å². The number of carbonyl (C=O) groups is 4. The summed E-state index contributed by atoms with van der Waals surface area (Å²) in [6.45, 7) is 1.05. The van der Waals surface area contributed by atoms with E-state index in [1.165, 1.54) is 12.1 Å². The first kappa shape index (κ1) is 20.1. The van der Waals surface area contributed by atoms with Crippen LogP contribution >= 0.6 is 0 Å². The van der Waals surface area contributed by atoms with Gasteiger partial charge in [-0.2, -0.15) is 13.2 Å². The van der Waals surface area contributed by atoms with Crippen molar-refractivity contribution in [1.29, 1.82) is 0 Å². The fourth-order valence-electron chi connectivity index (χ4n) is 2.95. The number of ketones is 4. The monoisotopic (exact) mass is 398 g/mol. The topological polar surface area (TPSA) is 68.3 Å².